The molecule has 16 heteroatoms. The van der Waals surface area contributed by atoms with E-state index in [4.69, 9.17) is 13.9 Å². The number of carbonyl (C=O) groups is 1. The van der Waals surface area contributed by atoms with Crippen LogP contribution in [0.1, 0.15) is 51.6 Å². The van der Waals surface area contributed by atoms with Crippen molar-refractivity contribution in [1.82, 2.24) is 24.4 Å². The van der Waals surface area contributed by atoms with Crippen LogP contribution in [0.4, 0.5) is 0 Å². The quantitative estimate of drug-likeness (QED) is 0.225. The molecule has 2 aliphatic heterocycles. The zero-order valence-electron chi connectivity index (χ0n) is 25.2. The van der Waals surface area contributed by atoms with Gasteiger partial charge in [0.25, 0.3) is 11.1 Å². The Bertz CT molecular complexity index is 1560. The van der Waals surface area contributed by atoms with Crippen LogP contribution in [0.25, 0.3) is 0 Å². The van der Waals surface area contributed by atoms with Crippen LogP contribution in [0, 0.1) is 12.8 Å². The number of amides is 1. The van der Waals surface area contributed by atoms with Gasteiger partial charge >= 0.3 is 11.4 Å². The third kappa shape index (κ3) is 7.16. The number of hydrogen-bond donors (Lipinski definition) is 5. The lowest BCUT2D eigenvalue weighted by Crippen LogP contribution is -2.44. The van der Waals surface area contributed by atoms with Crippen molar-refractivity contribution in [3.8, 4) is 0 Å². The van der Waals surface area contributed by atoms with Gasteiger partial charge in [0.1, 0.15) is 24.7 Å². The minimum Gasteiger partial charge on any atom is -0.414 e. The Balaban J connectivity index is 1.45. The molecule has 0 aliphatic carbocycles. The Labute approximate surface area is 248 Å². The minimum absolute atomic E-state index is 0.0530. The Morgan fingerprint density at radius 1 is 1.09 bits per heavy atom. The van der Waals surface area contributed by atoms with Crippen molar-refractivity contribution in [2.45, 2.75) is 95.5 Å². The summed E-state index contributed by atoms with van der Waals surface area (Å²) < 4.78 is 20.5. The molecule has 15 nitrogen and oxygen atoms in total. The van der Waals surface area contributed by atoms with Crippen LogP contribution in [0.2, 0.25) is 18.1 Å². The van der Waals surface area contributed by atoms with Gasteiger partial charge in [0, 0.05) is 49.3 Å². The van der Waals surface area contributed by atoms with Crippen molar-refractivity contribution < 1.29 is 28.9 Å². The number of ether oxygens (including phenoxy) is 2. The SMILES string of the molecule is Cc1cn([C@H]2C[C@H](O)[C@@H](CNC(=O)C[C@@H]3[C@H](O)[C@@H](CO[Si](C)(C)C(C)(C)C)O[C@H]3n3ccc(=O)[nH]c3=O)O2)c(=O)[nH]c1=O. The predicted molar refractivity (Wildman–Crippen MR) is 156 cm³/mol. The molecule has 0 spiro atoms. The molecule has 0 aromatic carbocycles. The Morgan fingerprint density at radius 2 is 1.77 bits per heavy atom. The number of carbonyl (C=O) groups excluding carboxylic acids is 1. The summed E-state index contributed by atoms with van der Waals surface area (Å²) >= 11 is 0. The van der Waals surface area contributed by atoms with Gasteiger partial charge in [-0.25, -0.2) is 9.59 Å². The maximum atomic E-state index is 13.1. The number of aromatic amines is 2. The largest absolute Gasteiger partial charge is 0.414 e. The van der Waals surface area contributed by atoms with E-state index in [0.29, 0.717) is 5.56 Å². The van der Waals surface area contributed by atoms with Crippen LogP contribution in [0.5, 0.6) is 0 Å². The van der Waals surface area contributed by atoms with Gasteiger partial charge in [0.15, 0.2) is 8.32 Å². The van der Waals surface area contributed by atoms with Crippen LogP contribution in [0.3, 0.4) is 0 Å². The average Bonchev–Trinajstić information content (AvgIpc) is 3.42. The molecule has 4 rings (SSSR count). The maximum absolute atomic E-state index is 13.1. The van der Waals surface area contributed by atoms with Gasteiger partial charge in [0.05, 0.1) is 18.8 Å². The number of hydrogen-bond acceptors (Lipinski definition) is 10. The molecule has 2 aromatic rings. The van der Waals surface area contributed by atoms with E-state index in [-0.39, 0.29) is 31.0 Å². The van der Waals surface area contributed by atoms with Crippen molar-refractivity contribution in [3.63, 3.8) is 0 Å². The number of H-pyrrole nitrogens is 2. The lowest BCUT2D eigenvalue weighted by molar-refractivity contribution is -0.124. The fourth-order valence-electron chi connectivity index (χ4n) is 4.94. The molecule has 4 heterocycles. The second-order valence-corrected chi connectivity index (χ2v) is 17.5. The molecular weight excluding hydrogens is 582 g/mol. The van der Waals surface area contributed by atoms with E-state index in [1.807, 2.05) is 0 Å². The molecule has 2 fully saturated rings. The van der Waals surface area contributed by atoms with Gasteiger partial charge in [-0.3, -0.25) is 33.5 Å². The summed E-state index contributed by atoms with van der Waals surface area (Å²) in [4.78, 5) is 65.6. The molecule has 2 aromatic heterocycles. The van der Waals surface area contributed by atoms with Gasteiger partial charge < -0.3 is 29.4 Å². The highest BCUT2D eigenvalue weighted by molar-refractivity contribution is 6.74. The summed E-state index contributed by atoms with van der Waals surface area (Å²) in [5.41, 5.74) is -2.24. The summed E-state index contributed by atoms with van der Waals surface area (Å²) in [6, 6.07) is 1.15. The molecule has 0 unspecified atom stereocenters. The number of aromatic nitrogens is 4. The standard InChI is InChI=1S/C27H41N5O10Si/c1-14-12-32(26(39)30-23(14)37)21-10-16(33)17(41-21)11-28-20(35)9-15-22(36)18(13-40-43(5,6)27(2,3)4)42-24(15)31-8-7-19(34)29-25(31)38/h7-8,12,15-18,21-22,24,33,36H,9-11,13H2,1-6H3,(H,28,35)(H,29,34,38)(H,30,37,39)/t15-,16+,17-,18-,21-,22+,24-/m1/s1. The fourth-order valence-corrected chi connectivity index (χ4v) is 5.96. The lowest BCUT2D eigenvalue weighted by Gasteiger charge is -2.37. The maximum Gasteiger partial charge on any atom is 0.330 e. The Kier molecular flexibility index (Phi) is 9.49. The van der Waals surface area contributed by atoms with Gasteiger partial charge in [-0.2, -0.15) is 0 Å². The highest BCUT2D eigenvalue weighted by Crippen LogP contribution is 2.40. The van der Waals surface area contributed by atoms with E-state index in [1.54, 1.807) is 0 Å². The lowest BCUT2D eigenvalue weighted by atomic mass is 9.95. The van der Waals surface area contributed by atoms with Crippen LogP contribution in [-0.2, 0) is 18.7 Å². The topological polar surface area (TPSA) is 207 Å². The Hall–Kier alpha value is -3.15. The molecular formula is C27H41N5O10Si. The van der Waals surface area contributed by atoms with Crippen LogP contribution in [-0.4, -0.2) is 81.1 Å². The third-order valence-corrected chi connectivity index (χ3v) is 13.1. The van der Waals surface area contributed by atoms with Crippen LogP contribution in [0.15, 0.2) is 37.6 Å². The molecule has 238 valence electrons. The van der Waals surface area contributed by atoms with E-state index >= 15 is 0 Å². The van der Waals surface area contributed by atoms with Crippen LogP contribution < -0.4 is 27.8 Å². The number of aryl methyl sites for hydroxylation is 1. The molecule has 0 radical (unpaired) electrons. The molecule has 5 N–H and O–H groups in total. The van der Waals surface area contributed by atoms with Crippen molar-refractivity contribution >= 4 is 14.2 Å². The van der Waals surface area contributed by atoms with E-state index in [1.165, 1.54) is 23.9 Å². The number of aliphatic hydroxyl groups is 2. The first-order valence-electron chi connectivity index (χ1n) is 14.2. The van der Waals surface area contributed by atoms with Crippen molar-refractivity contribution in [2.75, 3.05) is 13.2 Å². The van der Waals surface area contributed by atoms with E-state index < -0.39 is 79.5 Å². The summed E-state index contributed by atoms with van der Waals surface area (Å²) in [5, 5.41) is 24.4. The molecule has 1 amide bonds. The third-order valence-electron chi connectivity index (χ3n) is 8.62. The van der Waals surface area contributed by atoms with Gasteiger partial charge in [0.2, 0.25) is 5.91 Å². The number of nitrogens with zero attached hydrogens (tertiary/aromatic N) is 2. The highest BCUT2D eigenvalue weighted by atomic mass is 28.4. The van der Waals surface area contributed by atoms with E-state index in [2.05, 4.69) is 49.1 Å². The summed E-state index contributed by atoms with van der Waals surface area (Å²) in [5.74, 6) is -1.38. The van der Waals surface area contributed by atoms with E-state index in [0.717, 1.165) is 10.6 Å². The number of nitrogens with one attached hydrogen (secondary N) is 3. The van der Waals surface area contributed by atoms with Crippen molar-refractivity contribution in [2.24, 2.45) is 5.92 Å². The first-order chi connectivity index (χ1) is 20.0. The predicted octanol–water partition coefficient (Wildman–Crippen LogP) is -0.554. The first kappa shape index (κ1) is 32.8. The second-order valence-electron chi connectivity index (χ2n) is 12.7. The minimum atomic E-state index is -2.21. The van der Waals surface area contributed by atoms with Crippen LogP contribution >= 0.6 is 0 Å². The Morgan fingerprint density at radius 3 is 2.42 bits per heavy atom. The summed E-state index contributed by atoms with van der Waals surface area (Å²) in [7, 11) is -2.21. The number of aliphatic hydroxyl groups excluding tert-OH is 2. The van der Waals surface area contributed by atoms with E-state index in [9.17, 15) is 34.2 Å². The summed E-state index contributed by atoms with van der Waals surface area (Å²) in [6.45, 7) is 11.8. The molecule has 2 saturated heterocycles. The van der Waals surface area contributed by atoms with Crippen molar-refractivity contribution in [3.05, 3.63) is 65.7 Å². The summed E-state index contributed by atoms with van der Waals surface area (Å²) in [6.07, 6.45) is -3.35. The first-order valence-corrected chi connectivity index (χ1v) is 17.1. The van der Waals surface area contributed by atoms with Gasteiger partial charge in [-0.1, -0.05) is 20.8 Å². The normalized spacial score (nSPS) is 27.9. The molecule has 0 saturated carbocycles. The van der Waals surface area contributed by atoms with Crippen molar-refractivity contribution in [1.29, 1.82) is 0 Å². The zero-order chi connectivity index (χ0) is 31.9. The highest BCUT2D eigenvalue weighted by Gasteiger charge is 2.47. The molecule has 43 heavy (non-hydrogen) atoms. The average molecular weight is 624 g/mol. The molecule has 7 atom stereocenters. The molecule has 2 aliphatic rings. The zero-order valence-corrected chi connectivity index (χ0v) is 26.2. The smallest absolute Gasteiger partial charge is 0.330 e. The fraction of sp³-hybridized carbons (Fsp3) is 0.667. The number of rotatable bonds is 9. The monoisotopic (exact) mass is 623 g/mol. The van der Waals surface area contributed by atoms with Gasteiger partial charge in [-0.05, 0) is 25.1 Å². The van der Waals surface area contributed by atoms with Gasteiger partial charge in [-0.15, -0.1) is 0 Å². The molecule has 0 bridgehead atoms. The second kappa shape index (κ2) is 12.5.